The van der Waals surface area contributed by atoms with Crippen LogP contribution in [-0.2, 0) is 6.54 Å². The second-order valence-electron chi connectivity index (χ2n) is 3.83. The molecule has 1 aromatic rings. The van der Waals surface area contributed by atoms with Crippen LogP contribution < -0.4 is 5.32 Å². The number of nitrogens with one attached hydrogen (secondary N) is 1. The minimum Gasteiger partial charge on any atom is -0.310 e. The van der Waals surface area contributed by atoms with E-state index in [4.69, 9.17) is 0 Å². The van der Waals surface area contributed by atoms with E-state index in [0.717, 1.165) is 23.0 Å². The molecule has 0 bridgehead atoms. The van der Waals surface area contributed by atoms with Gasteiger partial charge < -0.3 is 5.32 Å². The Morgan fingerprint density at radius 2 is 2.00 bits per heavy atom. The highest BCUT2D eigenvalue weighted by molar-refractivity contribution is 9.10. The van der Waals surface area contributed by atoms with Gasteiger partial charge >= 0.3 is 0 Å². The molecule has 1 aliphatic rings. The fraction of sp³-hybridized carbons (Fsp3) is 0.455. The predicted molar refractivity (Wildman–Crippen MR) is 58.6 cm³/mol. The number of rotatable bonds is 3. The lowest BCUT2D eigenvalue weighted by molar-refractivity contribution is 0.652. The van der Waals surface area contributed by atoms with Crippen LogP contribution in [0.2, 0.25) is 0 Å². The number of halogens is 1. The zero-order valence-electron chi connectivity index (χ0n) is 7.76. The summed E-state index contributed by atoms with van der Waals surface area (Å²) in [7, 11) is 0. The summed E-state index contributed by atoms with van der Waals surface area (Å²) in [5, 5.41) is 3.53. The Kier molecular flexibility index (Phi) is 2.70. The van der Waals surface area contributed by atoms with Crippen molar-refractivity contribution in [3.05, 3.63) is 34.3 Å². The molecule has 1 saturated carbocycles. The number of hydrogen-bond acceptors (Lipinski definition) is 1. The summed E-state index contributed by atoms with van der Waals surface area (Å²) >= 11 is 3.43. The third-order valence-electron chi connectivity index (χ3n) is 2.59. The second-order valence-corrected chi connectivity index (χ2v) is 4.74. The van der Waals surface area contributed by atoms with Crippen molar-refractivity contribution >= 4 is 15.9 Å². The number of hydrogen-bond donors (Lipinski definition) is 1. The molecule has 2 atom stereocenters. The molecule has 2 heteroatoms. The Morgan fingerprint density at radius 3 is 2.54 bits per heavy atom. The monoisotopic (exact) mass is 239 g/mol. The Hall–Kier alpha value is -0.340. The average Bonchev–Trinajstić information content (AvgIpc) is 2.81. The van der Waals surface area contributed by atoms with E-state index in [1.165, 1.54) is 12.0 Å². The van der Waals surface area contributed by atoms with Crippen molar-refractivity contribution in [3.63, 3.8) is 0 Å². The van der Waals surface area contributed by atoms with Gasteiger partial charge in [-0.1, -0.05) is 35.0 Å². The highest BCUT2D eigenvalue weighted by atomic mass is 79.9. The number of benzene rings is 1. The molecule has 1 aromatic carbocycles. The fourth-order valence-electron chi connectivity index (χ4n) is 1.46. The molecule has 70 valence electrons. The molecule has 0 heterocycles. The van der Waals surface area contributed by atoms with Gasteiger partial charge in [0.05, 0.1) is 0 Å². The highest BCUT2D eigenvalue weighted by Gasteiger charge is 2.31. The maximum atomic E-state index is 3.53. The standard InChI is InChI=1S/C11H14BrN/c1-8-6-11(8)13-7-9-2-4-10(12)5-3-9/h2-5,8,11,13H,6-7H2,1H3. The third kappa shape index (κ3) is 2.55. The van der Waals surface area contributed by atoms with Crippen LogP contribution in [0.1, 0.15) is 18.9 Å². The smallest absolute Gasteiger partial charge is 0.0208 e. The van der Waals surface area contributed by atoms with Crippen LogP contribution >= 0.6 is 15.9 Å². The topological polar surface area (TPSA) is 12.0 Å². The van der Waals surface area contributed by atoms with Gasteiger partial charge in [0.25, 0.3) is 0 Å². The second kappa shape index (κ2) is 3.81. The van der Waals surface area contributed by atoms with Crippen molar-refractivity contribution < 1.29 is 0 Å². The Bertz CT molecular complexity index is 281. The zero-order chi connectivity index (χ0) is 9.26. The van der Waals surface area contributed by atoms with Crippen molar-refractivity contribution in [2.24, 2.45) is 5.92 Å². The van der Waals surface area contributed by atoms with Crippen LogP contribution in [0, 0.1) is 5.92 Å². The van der Waals surface area contributed by atoms with E-state index in [-0.39, 0.29) is 0 Å². The highest BCUT2D eigenvalue weighted by Crippen LogP contribution is 2.29. The van der Waals surface area contributed by atoms with Gasteiger partial charge in [-0.05, 0) is 30.0 Å². The van der Waals surface area contributed by atoms with Crippen molar-refractivity contribution in [2.75, 3.05) is 0 Å². The fourth-order valence-corrected chi connectivity index (χ4v) is 1.72. The van der Waals surface area contributed by atoms with Gasteiger partial charge in [-0.15, -0.1) is 0 Å². The summed E-state index contributed by atoms with van der Waals surface area (Å²) in [5.41, 5.74) is 1.36. The molecule has 13 heavy (non-hydrogen) atoms. The summed E-state index contributed by atoms with van der Waals surface area (Å²) in [6.45, 7) is 3.29. The third-order valence-corrected chi connectivity index (χ3v) is 3.12. The molecule has 0 aromatic heterocycles. The Morgan fingerprint density at radius 1 is 1.38 bits per heavy atom. The first-order valence-electron chi connectivity index (χ1n) is 4.73. The van der Waals surface area contributed by atoms with E-state index in [1.54, 1.807) is 0 Å². The maximum Gasteiger partial charge on any atom is 0.0208 e. The molecule has 2 rings (SSSR count). The molecule has 0 radical (unpaired) electrons. The van der Waals surface area contributed by atoms with E-state index >= 15 is 0 Å². The van der Waals surface area contributed by atoms with Crippen molar-refractivity contribution in [1.82, 2.24) is 5.32 Å². The van der Waals surface area contributed by atoms with E-state index in [0.29, 0.717) is 0 Å². The molecule has 2 unspecified atom stereocenters. The molecule has 0 saturated heterocycles. The van der Waals surface area contributed by atoms with Gasteiger partial charge in [0, 0.05) is 17.1 Å². The zero-order valence-corrected chi connectivity index (χ0v) is 9.34. The first kappa shape index (κ1) is 9.22. The maximum absolute atomic E-state index is 3.53. The lowest BCUT2D eigenvalue weighted by Crippen LogP contribution is -2.16. The van der Waals surface area contributed by atoms with Crippen molar-refractivity contribution in [3.8, 4) is 0 Å². The first-order chi connectivity index (χ1) is 6.25. The SMILES string of the molecule is CC1CC1NCc1ccc(Br)cc1. The summed E-state index contributed by atoms with van der Waals surface area (Å²) in [6.07, 6.45) is 1.34. The van der Waals surface area contributed by atoms with Crippen LogP contribution in [0.3, 0.4) is 0 Å². The van der Waals surface area contributed by atoms with E-state index in [9.17, 15) is 0 Å². The van der Waals surface area contributed by atoms with Crippen LogP contribution in [0.15, 0.2) is 28.7 Å². The van der Waals surface area contributed by atoms with Crippen LogP contribution in [0.4, 0.5) is 0 Å². The van der Waals surface area contributed by atoms with E-state index in [2.05, 4.69) is 52.4 Å². The lowest BCUT2D eigenvalue weighted by atomic mass is 10.2. The van der Waals surface area contributed by atoms with Gasteiger partial charge in [0.15, 0.2) is 0 Å². The van der Waals surface area contributed by atoms with E-state index in [1.807, 2.05) is 0 Å². The largest absolute Gasteiger partial charge is 0.310 e. The molecular weight excluding hydrogens is 226 g/mol. The van der Waals surface area contributed by atoms with Gasteiger partial charge in [0.2, 0.25) is 0 Å². The van der Waals surface area contributed by atoms with Gasteiger partial charge in [-0.3, -0.25) is 0 Å². The molecule has 0 aliphatic heterocycles. The van der Waals surface area contributed by atoms with Gasteiger partial charge in [-0.2, -0.15) is 0 Å². The predicted octanol–water partition coefficient (Wildman–Crippen LogP) is 2.95. The molecule has 0 spiro atoms. The Labute approximate surface area is 87.7 Å². The quantitative estimate of drug-likeness (QED) is 0.856. The molecule has 1 nitrogen and oxygen atoms in total. The van der Waals surface area contributed by atoms with Crippen LogP contribution in [0.25, 0.3) is 0 Å². The van der Waals surface area contributed by atoms with Crippen molar-refractivity contribution in [1.29, 1.82) is 0 Å². The average molecular weight is 240 g/mol. The minimum absolute atomic E-state index is 0.767. The summed E-state index contributed by atoms with van der Waals surface area (Å²) in [4.78, 5) is 0. The minimum atomic E-state index is 0.767. The molecule has 0 amide bonds. The van der Waals surface area contributed by atoms with E-state index < -0.39 is 0 Å². The Balaban J connectivity index is 1.84. The first-order valence-corrected chi connectivity index (χ1v) is 5.53. The van der Waals surface area contributed by atoms with Gasteiger partial charge in [0.1, 0.15) is 0 Å². The molecular formula is C11H14BrN. The van der Waals surface area contributed by atoms with Crippen LogP contribution in [0.5, 0.6) is 0 Å². The normalized spacial score (nSPS) is 26.0. The summed E-state index contributed by atoms with van der Waals surface area (Å²) < 4.78 is 1.15. The van der Waals surface area contributed by atoms with Gasteiger partial charge in [-0.25, -0.2) is 0 Å². The molecule has 1 aliphatic carbocycles. The summed E-state index contributed by atoms with van der Waals surface area (Å²) in [6, 6.07) is 9.26. The lowest BCUT2D eigenvalue weighted by Gasteiger charge is -2.03. The molecule has 1 fully saturated rings. The van der Waals surface area contributed by atoms with Crippen LogP contribution in [-0.4, -0.2) is 6.04 Å². The summed E-state index contributed by atoms with van der Waals surface area (Å²) in [5.74, 6) is 0.885. The molecule has 1 N–H and O–H groups in total. The van der Waals surface area contributed by atoms with Crippen molar-refractivity contribution in [2.45, 2.75) is 25.9 Å².